The average molecular weight is 340 g/mol. The molecule has 0 spiro atoms. The van der Waals surface area contributed by atoms with Crippen LogP contribution in [0, 0.1) is 0 Å². The molecule has 0 aliphatic heterocycles. The van der Waals surface area contributed by atoms with Gasteiger partial charge in [-0.25, -0.2) is 8.42 Å². The van der Waals surface area contributed by atoms with Gasteiger partial charge in [-0.05, 0) is 20.3 Å². The highest BCUT2D eigenvalue weighted by molar-refractivity contribution is 9.09. The molecule has 0 rings (SSSR count). The van der Waals surface area contributed by atoms with Crippen LogP contribution >= 0.6 is 15.9 Å². The van der Waals surface area contributed by atoms with Gasteiger partial charge < -0.3 is 0 Å². The Morgan fingerprint density at radius 1 is 1.29 bits per heavy atom. The summed E-state index contributed by atoms with van der Waals surface area (Å²) in [6.07, 6.45) is -5.75. The molecular formula is C9H17BrF3NO2S. The molecule has 0 bridgehead atoms. The third-order valence-electron chi connectivity index (χ3n) is 2.10. The standard InChI is InChI=1S/C9H17BrF3NO2S/c1-8(2)14(6-5-10)17(15,16)7-3-4-9(11,12)13/h8H,3-7H2,1-2H3. The normalized spacial score (nSPS) is 13.6. The monoisotopic (exact) mass is 339 g/mol. The fourth-order valence-corrected chi connectivity index (χ4v) is 3.75. The summed E-state index contributed by atoms with van der Waals surface area (Å²) in [4.78, 5) is 0. The predicted molar refractivity (Wildman–Crippen MR) is 64.7 cm³/mol. The Hall–Kier alpha value is 0.180. The third kappa shape index (κ3) is 7.25. The van der Waals surface area contributed by atoms with E-state index >= 15 is 0 Å². The first-order chi connectivity index (χ1) is 7.60. The SMILES string of the molecule is CC(C)N(CCBr)S(=O)(=O)CCCC(F)(F)F. The van der Waals surface area contributed by atoms with Crippen LogP contribution < -0.4 is 0 Å². The summed E-state index contributed by atoms with van der Waals surface area (Å²) in [6, 6.07) is -0.247. The lowest BCUT2D eigenvalue weighted by atomic mass is 10.3. The van der Waals surface area contributed by atoms with E-state index in [2.05, 4.69) is 15.9 Å². The molecular weight excluding hydrogens is 323 g/mol. The summed E-state index contributed by atoms with van der Waals surface area (Å²) in [5.74, 6) is -0.461. The van der Waals surface area contributed by atoms with Crippen LogP contribution in [0.15, 0.2) is 0 Å². The molecule has 0 fully saturated rings. The lowest BCUT2D eigenvalue weighted by Crippen LogP contribution is -2.39. The van der Waals surface area contributed by atoms with E-state index in [4.69, 9.17) is 0 Å². The van der Waals surface area contributed by atoms with Crippen molar-refractivity contribution in [3.05, 3.63) is 0 Å². The molecule has 0 aromatic carbocycles. The fraction of sp³-hybridized carbons (Fsp3) is 1.00. The number of nitrogens with zero attached hydrogens (tertiary/aromatic N) is 1. The zero-order chi connectivity index (χ0) is 13.7. The third-order valence-corrected chi connectivity index (χ3v) is 4.58. The van der Waals surface area contributed by atoms with E-state index < -0.39 is 34.8 Å². The van der Waals surface area contributed by atoms with Gasteiger partial charge in [0.15, 0.2) is 0 Å². The Bertz CT molecular complexity index is 317. The van der Waals surface area contributed by atoms with Gasteiger partial charge in [0.2, 0.25) is 10.0 Å². The van der Waals surface area contributed by atoms with E-state index in [1.54, 1.807) is 13.8 Å². The van der Waals surface area contributed by atoms with Crippen molar-refractivity contribution in [1.82, 2.24) is 4.31 Å². The van der Waals surface area contributed by atoms with E-state index in [1.165, 1.54) is 4.31 Å². The molecule has 0 N–H and O–H groups in total. The molecule has 0 unspecified atom stereocenters. The maximum atomic E-state index is 11.9. The van der Waals surface area contributed by atoms with Crippen LogP contribution in [0.4, 0.5) is 13.2 Å². The first kappa shape index (κ1) is 17.2. The summed E-state index contributed by atoms with van der Waals surface area (Å²) in [5, 5.41) is 0.462. The topological polar surface area (TPSA) is 37.4 Å². The van der Waals surface area contributed by atoms with Crippen LogP contribution in [0.1, 0.15) is 26.7 Å². The summed E-state index contributed by atoms with van der Waals surface area (Å²) in [5.41, 5.74) is 0. The fourth-order valence-electron chi connectivity index (χ4n) is 1.37. The van der Waals surface area contributed by atoms with E-state index in [1.807, 2.05) is 0 Å². The minimum atomic E-state index is -4.30. The van der Waals surface area contributed by atoms with Crippen molar-refractivity contribution < 1.29 is 21.6 Å². The number of hydrogen-bond donors (Lipinski definition) is 0. The van der Waals surface area contributed by atoms with Crippen molar-refractivity contribution in [2.75, 3.05) is 17.6 Å². The number of alkyl halides is 4. The summed E-state index contributed by atoms with van der Waals surface area (Å²) >= 11 is 3.12. The predicted octanol–water partition coefficient (Wildman–Crippen LogP) is 2.76. The van der Waals surface area contributed by atoms with Crippen molar-refractivity contribution in [2.45, 2.75) is 38.9 Å². The minimum Gasteiger partial charge on any atom is -0.212 e. The largest absolute Gasteiger partial charge is 0.389 e. The Labute approximate surface area is 109 Å². The molecule has 0 aromatic heterocycles. The molecule has 0 aromatic rings. The van der Waals surface area contributed by atoms with Gasteiger partial charge in [0.05, 0.1) is 5.75 Å². The van der Waals surface area contributed by atoms with Gasteiger partial charge in [-0.1, -0.05) is 15.9 Å². The van der Waals surface area contributed by atoms with Gasteiger partial charge in [-0.2, -0.15) is 17.5 Å². The molecule has 8 heteroatoms. The second-order valence-corrected chi connectivity index (χ2v) is 6.76. The maximum absolute atomic E-state index is 11.9. The highest BCUT2D eigenvalue weighted by Crippen LogP contribution is 2.22. The zero-order valence-electron chi connectivity index (χ0n) is 9.80. The highest BCUT2D eigenvalue weighted by atomic mass is 79.9. The number of hydrogen-bond acceptors (Lipinski definition) is 2. The minimum absolute atomic E-state index is 0.247. The summed E-state index contributed by atoms with van der Waals surface area (Å²) < 4.78 is 60.6. The molecule has 0 saturated carbocycles. The maximum Gasteiger partial charge on any atom is 0.389 e. The van der Waals surface area contributed by atoms with Gasteiger partial charge >= 0.3 is 6.18 Å². The van der Waals surface area contributed by atoms with Crippen molar-refractivity contribution >= 4 is 26.0 Å². The quantitative estimate of drug-likeness (QED) is 0.669. The van der Waals surface area contributed by atoms with Crippen LogP contribution in [0.2, 0.25) is 0 Å². The zero-order valence-corrected chi connectivity index (χ0v) is 12.2. The Kier molecular flexibility index (Phi) is 7.01. The van der Waals surface area contributed by atoms with Crippen LogP contribution in [0.3, 0.4) is 0 Å². The first-order valence-corrected chi connectivity index (χ1v) is 7.95. The lowest BCUT2D eigenvalue weighted by Gasteiger charge is -2.25. The average Bonchev–Trinajstić information content (AvgIpc) is 2.10. The van der Waals surface area contributed by atoms with Crippen molar-refractivity contribution in [3.63, 3.8) is 0 Å². The van der Waals surface area contributed by atoms with E-state index in [-0.39, 0.29) is 12.6 Å². The van der Waals surface area contributed by atoms with Gasteiger partial charge in [0, 0.05) is 24.3 Å². The van der Waals surface area contributed by atoms with Gasteiger partial charge in [-0.3, -0.25) is 0 Å². The van der Waals surface area contributed by atoms with Crippen molar-refractivity contribution in [1.29, 1.82) is 0 Å². The molecule has 3 nitrogen and oxygen atoms in total. The first-order valence-electron chi connectivity index (χ1n) is 5.22. The number of rotatable bonds is 7. The highest BCUT2D eigenvalue weighted by Gasteiger charge is 2.29. The molecule has 0 amide bonds. The van der Waals surface area contributed by atoms with E-state index in [0.29, 0.717) is 5.33 Å². The number of halogens is 4. The molecule has 17 heavy (non-hydrogen) atoms. The van der Waals surface area contributed by atoms with E-state index in [9.17, 15) is 21.6 Å². The van der Waals surface area contributed by atoms with Crippen LogP contribution in [0.25, 0.3) is 0 Å². The van der Waals surface area contributed by atoms with Gasteiger partial charge in [0.25, 0.3) is 0 Å². The molecule has 0 saturated heterocycles. The van der Waals surface area contributed by atoms with Crippen LogP contribution in [-0.2, 0) is 10.0 Å². The van der Waals surface area contributed by atoms with Crippen molar-refractivity contribution in [2.24, 2.45) is 0 Å². The van der Waals surface area contributed by atoms with E-state index in [0.717, 1.165) is 0 Å². The molecule has 0 radical (unpaired) electrons. The second kappa shape index (κ2) is 6.94. The van der Waals surface area contributed by atoms with Crippen LogP contribution in [-0.4, -0.2) is 42.6 Å². The summed E-state index contributed by atoms with van der Waals surface area (Å²) in [6.45, 7) is 3.67. The van der Waals surface area contributed by atoms with Crippen LogP contribution in [0.5, 0.6) is 0 Å². The lowest BCUT2D eigenvalue weighted by molar-refractivity contribution is -0.134. The Morgan fingerprint density at radius 3 is 2.18 bits per heavy atom. The molecule has 104 valence electrons. The van der Waals surface area contributed by atoms with Gasteiger partial charge in [-0.15, -0.1) is 0 Å². The second-order valence-electron chi connectivity index (χ2n) is 3.93. The molecule has 0 aliphatic carbocycles. The molecule has 0 heterocycles. The summed E-state index contributed by atoms with van der Waals surface area (Å²) in [7, 11) is -3.60. The smallest absolute Gasteiger partial charge is 0.212 e. The number of sulfonamides is 1. The Morgan fingerprint density at radius 2 is 1.82 bits per heavy atom. The van der Waals surface area contributed by atoms with Gasteiger partial charge in [0.1, 0.15) is 0 Å². The molecule has 0 atom stereocenters. The Balaban J connectivity index is 4.44. The molecule has 0 aliphatic rings. The van der Waals surface area contributed by atoms with Crippen molar-refractivity contribution in [3.8, 4) is 0 Å².